The average molecular weight is 496 g/mol. The summed E-state index contributed by atoms with van der Waals surface area (Å²) in [6.07, 6.45) is 0. The van der Waals surface area contributed by atoms with Crippen LogP contribution in [0.2, 0.25) is 0 Å². The third-order valence-electron chi connectivity index (χ3n) is 0. The number of hydrogen-bond donors (Lipinski definition) is 2. The van der Waals surface area contributed by atoms with Crippen LogP contribution in [0.4, 0.5) is 0 Å². The first-order valence-corrected chi connectivity index (χ1v) is 1.60. The van der Waals surface area contributed by atoms with Gasteiger partial charge in [0.1, 0.15) is 0 Å². The molecule has 0 spiro atoms. The summed E-state index contributed by atoms with van der Waals surface area (Å²) >= 11 is -2.61. The van der Waals surface area contributed by atoms with Crippen LogP contribution in [-0.2, 0) is 53.5 Å². The summed E-state index contributed by atoms with van der Waals surface area (Å²) in [5.74, 6) is 0. The zero-order valence-electron chi connectivity index (χ0n) is 4.34. The molecule has 2 N–H and O–H groups in total. The van der Waals surface area contributed by atoms with Crippen molar-refractivity contribution < 1.29 is 86.4 Å². The van der Waals surface area contributed by atoms with Gasteiger partial charge in [0, 0.05) is 42.1 Å². The molecule has 0 rings (SSSR count). The van der Waals surface area contributed by atoms with E-state index in [4.69, 9.17) is 13.3 Å². The molecule has 7 heavy (non-hydrogen) atoms. The van der Waals surface area contributed by atoms with Gasteiger partial charge < -0.3 is 1.43 Å². The fourth-order valence-corrected chi connectivity index (χ4v) is 0. The Morgan fingerprint density at radius 2 is 1.29 bits per heavy atom. The molecule has 0 atom stereocenters. The molecule has 0 saturated carbocycles. The largest absolute Gasteiger partial charge is 1.00 e. The van der Waals surface area contributed by atoms with E-state index in [-0.39, 0.29) is 73.1 Å². The van der Waals surface area contributed by atoms with Gasteiger partial charge >= 0.3 is 29.6 Å². The quantitative estimate of drug-likeness (QED) is 0.275. The number of hydrogen-bond acceptors (Lipinski definition) is 1. The first-order valence-electron chi connectivity index (χ1n) is 0.532. The second-order valence-corrected chi connectivity index (χ2v) is 0.692. The first kappa shape index (κ1) is 22.7. The van der Waals surface area contributed by atoms with Gasteiger partial charge in [-0.15, -0.1) is 0 Å². The molecule has 0 unspecified atom stereocenters. The maximum atomic E-state index is 8.67. The Hall–Kier alpha value is 2.45. The summed E-state index contributed by atoms with van der Waals surface area (Å²) in [6, 6.07) is 0. The van der Waals surface area contributed by atoms with Crippen molar-refractivity contribution in [2.75, 3.05) is 0 Å². The van der Waals surface area contributed by atoms with Gasteiger partial charge in [-0.25, -0.2) is 0 Å². The minimum absolute atomic E-state index is 0. The first-order chi connectivity index (χ1) is 1.73. The van der Waals surface area contributed by atoms with Crippen LogP contribution in [0.25, 0.3) is 0 Å². The van der Waals surface area contributed by atoms with Crippen molar-refractivity contribution >= 4 is 11.4 Å². The molecule has 0 aliphatic heterocycles. The van der Waals surface area contributed by atoms with Crippen LogP contribution in [-0.4, -0.2) is 13.3 Å². The van der Waals surface area contributed by atoms with Gasteiger partial charge in [-0.3, -0.25) is 9.11 Å². The molecule has 0 heterocycles. The predicted molar refractivity (Wildman–Crippen MR) is 14.5 cm³/mol. The minimum atomic E-state index is -2.61. The van der Waals surface area contributed by atoms with E-state index in [0.717, 1.165) is 0 Å². The average Bonchev–Trinajstić information content (AvgIpc) is 0.811. The maximum Gasteiger partial charge on any atom is 1.00 e. The van der Waals surface area contributed by atoms with Crippen LogP contribution in [0.15, 0.2) is 0 Å². The molecule has 0 aliphatic carbocycles. The van der Waals surface area contributed by atoms with Crippen LogP contribution in [0.1, 0.15) is 1.43 Å². The molecule has 0 bridgehead atoms. The van der Waals surface area contributed by atoms with E-state index < -0.39 is 11.4 Å². The summed E-state index contributed by atoms with van der Waals surface area (Å²) in [4.78, 5) is 0. The van der Waals surface area contributed by atoms with Crippen LogP contribution in [0.5, 0.6) is 0 Å². The summed E-state index contributed by atoms with van der Waals surface area (Å²) < 4.78 is 22.8. The third-order valence-corrected chi connectivity index (χ3v) is 0. The van der Waals surface area contributed by atoms with E-state index in [1.807, 2.05) is 0 Å². The molecule has 0 aromatic heterocycles. The third kappa shape index (κ3) is 58.6. The van der Waals surface area contributed by atoms with Crippen LogP contribution in [0, 0.1) is 0 Å². The normalized spacial score (nSPS) is 5.00. The summed E-state index contributed by atoms with van der Waals surface area (Å²) in [5.41, 5.74) is 0. The van der Waals surface area contributed by atoms with E-state index in [1.165, 1.54) is 0 Å². The predicted octanol–water partition coefficient (Wildman–Crippen LogP) is -3.21. The SMILES string of the molecule is O=S(O)O.[H-].[Na+].[Pt].[Pt]. The van der Waals surface area contributed by atoms with Crippen molar-refractivity contribution in [1.29, 1.82) is 0 Å². The molecule has 0 radical (unpaired) electrons. The Morgan fingerprint density at radius 1 is 1.29 bits per heavy atom. The van der Waals surface area contributed by atoms with E-state index in [1.54, 1.807) is 0 Å². The van der Waals surface area contributed by atoms with Gasteiger partial charge in [-0.1, -0.05) is 0 Å². The monoisotopic (exact) mass is 496 g/mol. The van der Waals surface area contributed by atoms with Crippen LogP contribution < -0.4 is 29.6 Å². The smallest absolute Gasteiger partial charge is 1.00 e. The fraction of sp³-hybridized carbons (Fsp3) is 0. The molecule has 0 aromatic carbocycles. The van der Waals surface area contributed by atoms with Gasteiger partial charge in [-0.05, 0) is 0 Å². The maximum absolute atomic E-state index is 8.67. The van der Waals surface area contributed by atoms with Crippen molar-refractivity contribution in [3.63, 3.8) is 0 Å². The molecule has 0 amide bonds. The summed E-state index contributed by atoms with van der Waals surface area (Å²) in [6.45, 7) is 0. The number of rotatable bonds is 0. The molecular formula is H3NaO3Pt2S. The molecule has 0 fully saturated rings. The standard InChI is InChI=1S/Na.H2O3S.2Pt.H/c;1-4(2)3;;;/h;(H2,1,2,3);;;/q+1;;;;-1. The van der Waals surface area contributed by atoms with Crippen LogP contribution in [0.3, 0.4) is 0 Å². The summed E-state index contributed by atoms with van der Waals surface area (Å²) in [5, 5.41) is 0. The second kappa shape index (κ2) is 15.8. The molecule has 7 heteroatoms. The van der Waals surface area contributed by atoms with Crippen molar-refractivity contribution in [3.05, 3.63) is 0 Å². The van der Waals surface area contributed by atoms with E-state index in [9.17, 15) is 0 Å². The molecule has 0 saturated heterocycles. The Labute approximate surface area is 96.4 Å². The molecule has 3 nitrogen and oxygen atoms in total. The molecule has 48 valence electrons. The zero-order chi connectivity index (χ0) is 3.58. The van der Waals surface area contributed by atoms with Gasteiger partial charge in [0.15, 0.2) is 0 Å². The zero-order valence-corrected chi connectivity index (χ0v) is 10.7. The van der Waals surface area contributed by atoms with Crippen molar-refractivity contribution in [2.24, 2.45) is 0 Å². The minimum Gasteiger partial charge on any atom is -1.00 e. The topological polar surface area (TPSA) is 57.5 Å². The summed E-state index contributed by atoms with van der Waals surface area (Å²) in [7, 11) is 0. The van der Waals surface area contributed by atoms with Gasteiger partial charge in [-0.2, -0.15) is 4.21 Å². The van der Waals surface area contributed by atoms with E-state index in [0.29, 0.717) is 0 Å². The van der Waals surface area contributed by atoms with Gasteiger partial charge in [0.25, 0.3) is 11.4 Å². The van der Waals surface area contributed by atoms with Crippen molar-refractivity contribution in [2.45, 2.75) is 0 Å². The van der Waals surface area contributed by atoms with E-state index >= 15 is 0 Å². The Bertz CT molecular complexity index is 40.3. The van der Waals surface area contributed by atoms with Crippen molar-refractivity contribution in [3.8, 4) is 0 Å². The Kier molecular flexibility index (Phi) is 51.2. The molecule has 0 aliphatic rings. The second-order valence-electron chi connectivity index (χ2n) is 0.231. The van der Waals surface area contributed by atoms with Crippen molar-refractivity contribution in [1.82, 2.24) is 0 Å². The van der Waals surface area contributed by atoms with Crippen LogP contribution >= 0.6 is 0 Å². The Morgan fingerprint density at radius 3 is 1.29 bits per heavy atom. The van der Waals surface area contributed by atoms with E-state index in [2.05, 4.69) is 0 Å². The van der Waals surface area contributed by atoms with Gasteiger partial charge in [0.05, 0.1) is 0 Å². The Balaban J connectivity index is -0.00000000750. The molecule has 0 aromatic rings. The van der Waals surface area contributed by atoms with Gasteiger partial charge in [0.2, 0.25) is 0 Å². The fourth-order valence-electron chi connectivity index (χ4n) is 0. The molecular weight excluding hydrogens is 493 g/mol.